The van der Waals surface area contributed by atoms with Crippen LogP contribution >= 0.6 is 12.2 Å². The van der Waals surface area contributed by atoms with Gasteiger partial charge in [0, 0.05) is 12.6 Å². The molecule has 0 unspecified atom stereocenters. The molecule has 0 atom stereocenters. The first-order valence-corrected chi connectivity index (χ1v) is 7.15. The van der Waals surface area contributed by atoms with Gasteiger partial charge in [0.25, 0.3) is 0 Å². The van der Waals surface area contributed by atoms with Gasteiger partial charge >= 0.3 is 11.4 Å². The number of aryl methyl sites for hydroxylation is 2. The van der Waals surface area contributed by atoms with Crippen LogP contribution < -0.4 is 17.1 Å². The van der Waals surface area contributed by atoms with E-state index in [1.54, 1.807) is 20.0 Å². The smallest absolute Gasteiger partial charge is 0.358 e. The van der Waals surface area contributed by atoms with Gasteiger partial charge in [-0.15, -0.1) is 0 Å². The maximum atomic E-state index is 12.5. The molecule has 22 heavy (non-hydrogen) atoms. The fourth-order valence-electron chi connectivity index (χ4n) is 2.49. The van der Waals surface area contributed by atoms with Crippen molar-refractivity contribution in [3.63, 3.8) is 0 Å². The molecule has 116 valence electrons. The molecule has 0 saturated carbocycles. The largest absolute Gasteiger partial charge is 0.389 e. The van der Waals surface area contributed by atoms with Gasteiger partial charge in [-0.1, -0.05) is 12.2 Å². The van der Waals surface area contributed by atoms with E-state index in [2.05, 4.69) is 4.98 Å². The van der Waals surface area contributed by atoms with Crippen LogP contribution in [0.15, 0.2) is 15.7 Å². The molecule has 0 amide bonds. The summed E-state index contributed by atoms with van der Waals surface area (Å²) in [6.45, 7) is 7.14. The lowest BCUT2D eigenvalue weighted by atomic mass is 9.97. The van der Waals surface area contributed by atoms with Crippen molar-refractivity contribution in [2.45, 2.75) is 27.7 Å². The number of aromatic nitrogens is 3. The van der Waals surface area contributed by atoms with E-state index < -0.39 is 11.4 Å². The minimum Gasteiger partial charge on any atom is -0.389 e. The third-order valence-electron chi connectivity index (χ3n) is 3.96. The maximum Gasteiger partial charge on any atom is 0.358 e. The lowest BCUT2D eigenvalue weighted by molar-refractivity contribution is 0.659. The summed E-state index contributed by atoms with van der Waals surface area (Å²) in [7, 11) is 1.58. The average Bonchev–Trinajstić information content (AvgIpc) is 2.43. The molecule has 6 nitrogen and oxygen atoms in total. The summed E-state index contributed by atoms with van der Waals surface area (Å²) < 4.78 is 2.44. The SMILES string of the molecule is Cc1cc(C(N)=S)c(C)c(C)c1-n1c(=O)nc(C)n(C)c1=O. The molecule has 0 aliphatic rings. The van der Waals surface area contributed by atoms with Crippen LogP contribution in [0.5, 0.6) is 0 Å². The van der Waals surface area contributed by atoms with Gasteiger partial charge in [0.2, 0.25) is 0 Å². The minimum absolute atomic E-state index is 0.289. The van der Waals surface area contributed by atoms with Crippen molar-refractivity contribution < 1.29 is 0 Å². The van der Waals surface area contributed by atoms with Gasteiger partial charge in [-0.3, -0.25) is 4.57 Å². The van der Waals surface area contributed by atoms with Gasteiger partial charge in [-0.25, -0.2) is 14.2 Å². The Morgan fingerprint density at radius 2 is 1.77 bits per heavy atom. The Balaban J connectivity index is 2.95. The molecule has 0 saturated heterocycles. The van der Waals surface area contributed by atoms with Crippen molar-refractivity contribution in [1.82, 2.24) is 14.1 Å². The lowest BCUT2D eigenvalue weighted by Crippen LogP contribution is -2.41. The molecule has 0 radical (unpaired) electrons. The molecule has 0 aliphatic carbocycles. The molecule has 1 aromatic carbocycles. The van der Waals surface area contributed by atoms with Crippen molar-refractivity contribution in [2.75, 3.05) is 0 Å². The molecule has 2 aromatic rings. The number of nitrogens with zero attached hydrogens (tertiary/aromatic N) is 3. The summed E-state index contributed by atoms with van der Waals surface area (Å²) >= 11 is 5.05. The quantitative estimate of drug-likeness (QED) is 0.828. The predicted octanol–water partition coefficient (Wildman–Crippen LogP) is 0.799. The summed E-state index contributed by atoms with van der Waals surface area (Å²) in [6, 6.07) is 1.80. The minimum atomic E-state index is -0.589. The molecule has 0 aliphatic heterocycles. The Morgan fingerprint density at radius 3 is 2.32 bits per heavy atom. The average molecular weight is 318 g/mol. The van der Waals surface area contributed by atoms with Crippen LogP contribution in [0.4, 0.5) is 0 Å². The number of rotatable bonds is 2. The molecular formula is C15H18N4O2S. The highest BCUT2D eigenvalue weighted by molar-refractivity contribution is 7.80. The molecular weight excluding hydrogens is 300 g/mol. The molecule has 2 N–H and O–H groups in total. The zero-order valence-corrected chi connectivity index (χ0v) is 14.0. The van der Waals surface area contributed by atoms with Crippen molar-refractivity contribution >= 4 is 17.2 Å². The van der Waals surface area contributed by atoms with E-state index in [1.807, 2.05) is 20.8 Å². The van der Waals surface area contributed by atoms with Crippen molar-refractivity contribution in [1.29, 1.82) is 0 Å². The zero-order valence-electron chi connectivity index (χ0n) is 13.2. The van der Waals surface area contributed by atoms with Crippen molar-refractivity contribution in [2.24, 2.45) is 12.8 Å². The van der Waals surface area contributed by atoms with Gasteiger partial charge in [-0.05, 0) is 50.5 Å². The Labute approximate surface area is 133 Å². The van der Waals surface area contributed by atoms with E-state index in [0.717, 1.165) is 26.8 Å². The Morgan fingerprint density at radius 1 is 1.18 bits per heavy atom. The lowest BCUT2D eigenvalue weighted by Gasteiger charge is -2.17. The summed E-state index contributed by atoms with van der Waals surface area (Å²) in [4.78, 5) is 28.9. The Hall–Kier alpha value is -2.28. The summed E-state index contributed by atoms with van der Waals surface area (Å²) in [5.74, 6) is 0.373. The van der Waals surface area contributed by atoms with Gasteiger partial charge in [0.05, 0.1) is 5.69 Å². The highest BCUT2D eigenvalue weighted by Crippen LogP contribution is 2.23. The highest BCUT2D eigenvalue weighted by Gasteiger charge is 2.18. The van der Waals surface area contributed by atoms with E-state index in [0.29, 0.717) is 11.5 Å². The third-order valence-corrected chi connectivity index (χ3v) is 4.18. The van der Waals surface area contributed by atoms with Crippen LogP contribution in [0, 0.1) is 27.7 Å². The fourth-order valence-corrected chi connectivity index (χ4v) is 2.71. The van der Waals surface area contributed by atoms with Crippen LogP contribution in [0.2, 0.25) is 0 Å². The number of hydrogen-bond donors (Lipinski definition) is 1. The molecule has 0 bridgehead atoms. The van der Waals surface area contributed by atoms with Gasteiger partial charge in [-0.2, -0.15) is 4.98 Å². The second-order valence-corrected chi connectivity index (χ2v) is 5.76. The van der Waals surface area contributed by atoms with Gasteiger partial charge < -0.3 is 5.73 Å². The zero-order chi connectivity index (χ0) is 16.8. The van der Waals surface area contributed by atoms with E-state index in [-0.39, 0.29) is 4.99 Å². The van der Waals surface area contributed by atoms with E-state index in [1.165, 1.54) is 4.57 Å². The fraction of sp³-hybridized carbons (Fsp3) is 0.333. The number of nitrogens with two attached hydrogens (primary N) is 1. The van der Waals surface area contributed by atoms with Gasteiger partial charge in [0.1, 0.15) is 10.8 Å². The van der Waals surface area contributed by atoms with Crippen LogP contribution in [0.1, 0.15) is 28.1 Å². The number of benzene rings is 1. The van der Waals surface area contributed by atoms with Gasteiger partial charge in [0.15, 0.2) is 0 Å². The molecule has 2 rings (SSSR count). The Kier molecular flexibility index (Phi) is 4.02. The first kappa shape index (κ1) is 16.1. The van der Waals surface area contributed by atoms with E-state index in [4.69, 9.17) is 18.0 Å². The highest BCUT2D eigenvalue weighted by atomic mass is 32.1. The standard InChI is InChI=1S/C15H18N4O2S/c1-7-6-11(13(16)22)8(2)9(3)12(7)19-14(20)17-10(4)18(5)15(19)21/h6H,1-5H3,(H2,16,22). The second-order valence-electron chi connectivity index (χ2n) is 5.32. The van der Waals surface area contributed by atoms with Crippen LogP contribution in [0.25, 0.3) is 5.69 Å². The third kappa shape index (κ3) is 2.37. The predicted molar refractivity (Wildman–Crippen MR) is 89.9 cm³/mol. The van der Waals surface area contributed by atoms with Crippen molar-refractivity contribution in [3.8, 4) is 5.69 Å². The molecule has 0 fully saturated rings. The first-order chi connectivity index (χ1) is 10.2. The Bertz CT molecular complexity index is 909. The summed E-state index contributed by atoms with van der Waals surface area (Å²) in [5.41, 5.74) is 8.38. The van der Waals surface area contributed by atoms with E-state index in [9.17, 15) is 9.59 Å². The van der Waals surface area contributed by atoms with Crippen molar-refractivity contribution in [3.05, 3.63) is 55.1 Å². The van der Waals surface area contributed by atoms with Crippen LogP contribution in [-0.4, -0.2) is 19.1 Å². The molecule has 1 aromatic heterocycles. The van der Waals surface area contributed by atoms with Crippen LogP contribution in [0.3, 0.4) is 0 Å². The van der Waals surface area contributed by atoms with Crippen LogP contribution in [-0.2, 0) is 7.05 Å². The second kappa shape index (κ2) is 5.49. The normalized spacial score (nSPS) is 10.8. The summed E-state index contributed by atoms with van der Waals surface area (Å²) in [6.07, 6.45) is 0. The number of thiocarbonyl (C=S) groups is 1. The monoisotopic (exact) mass is 318 g/mol. The topological polar surface area (TPSA) is 82.9 Å². The molecule has 7 heteroatoms. The summed E-state index contributed by atoms with van der Waals surface area (Å²) in [5, 5.41) is 0. The van der Waals surface area contributed by atoms with E-state index >= 15 is 0 Å². The maximum absolute atomic E-state index is 12.5. The number of hydrogen-bond acceptors (Lipinski definition) is 4. The molecule has 0 spiro atoms. The first-order valence-electron chi connectivity index (χ1n) is 6.74. The molecule has 1 heterocycles.